The molecule has 0 saturated carbocycles. The number of benzene rings is 1. The first-order valence-electron chi connectivity index (χ1n) is 6.84. The number of ether oxygens (including phenoxy) is 1. The molecule has 0 spiro atoms. The summed E-state index contributed by atoms with van der Waals surface area (Å²) in [7, 11) is 0. The van der Waals surface area contributed by atoms with Crippen LogP contribution in [-0.2, 0) is 11.2 Å². The lowest BCUT2D eigenvalue weighted by Crippen LogP contribution is -2.26. The number of amides is 1. The van der Waals surface area contributed by atoms with Crippen LogP contribution in [-0.4, -0.2) is 25.1 Å². The van der Waals surface area contributed by atoms with Crippen LogP contribution in [0.15, 0.2) is 24.3 Å². The van der Waals surface area contributed by atoms with E-state index < -0.39 is 0 Å². The molecule has 4 nitrogen and oxygen atoms in total. The Labute approximate surface area is 127 Å². The third kappa shape index (κ3) is 7.36. The Morgan fingerprint density at radius 2 is 2.00 bits per heavy atom. The molecular formula is C15H25ClN2O2. The van der Waals surface area contributed by atoms with Crippen molar-refractivity contribution in [3.8, 4) is 5.75 Å². The monoisotopic (exact) mass is 300 g/mol. The summed E-state index contributed by atoms with van der Waals surface area (Å²) < 4.78 is 5.69. The lowest BCUT2D eigenvalue weighted by molar-refractivity contribution is -0.120. The summed E-state index contributed by atoms with van der Waals surface area (Å²) in [6, 6.07) is 7.67. The van der Waals surface area contributed by atoms with Crippen LogP contribution >= 0.6 is 12.4 Å². The van der Waals surface area contributed by atoms with E-state index in [9.17, 15) is 4.79 Å². The fourth-order valence-corrected chi connectivity index (χ4v) is 1.75. The van der Waals surface area contributed by atoms with Gasteiger partial charge in [-0.15, -0.1) is 12.4 Å². The Hall–Kier alpha value is -1.26. The van der Waals surface area contributed by atoms with Gasteiger partial charge in [0.1, 0.15) is 5.75 Å². The van der Waals surface area contributed by atoms with Crippen LogP contribution in [0, 0.1) is 0 Å². The van der Waals surface area contributed by atoms with Crippen molar-refractivity contribution in [1.82, 2.24) is 5.32 Å². The summed E-state index contributed by atoms with van der Waals surface area (Å²) in [4.78, 5) is 11.8. The standard InChI is InChI=1S/C15H24N2O2.ClH/c1-12(2)19-14-8-4-3-7-13(14)11-15(18)17-10-6-5-9-16;/h3-4,7-8,12H,5-6,9-11,16H2,1-2H3,(H,17,18);1H. The largest absolute Gasteiger partial charge is 0.491 e. The minimum absolute atomic E-state index is 0. The molecule has 0 aromatic heterocycles. The van der Waals surface area contributed by atoms with Crippen molar-refractivity contribution >= 4 is 18.3 Å². The van der Waals surface area contributed by atoms with Gasteiger partial charge in [-0.3, -0.25) is 4.79 Å². The highest BCUT2D eigenvalue weighted by atomic mass is 35.5. The predicted octanol–water partition coefficient (Wildman–Crippen LogP) is 2.29. The van der Waals surface area contributed by atoms with Gasteiger partial charge in [-0.05, 0) is 39.3 Å². The molecule has 0 unspecified atom stereocenters. The second kappa shape index (κ2) is 10.5. The zero-order chi connectivity index (χ0) is 14.1. The first-order valence-corrected chi connectivity index (χ1v) is 6.84. The molecule has 0 radical (unpaired) electrons. The van der Waals surface area contributed by atoms with Gasteiger partial charge in [0, 0.05) is 12.1 Å². The molecule has 0 bridgehead atoms. The Kier molecular flexibility index (Phi) is 9.86. The quantitative estimate of drug-likeness (QED) is 0.724. The maximum atomic E-state index is 11.8. The van der Waals surface area contributed by atoms with E-state index in [1.54, 1.807) is 0 Å². The third-order valence-electron chi connectivity index (χ3n) is 2.64. The molecule has 20 heavy (non-hydrogen) atoms. The zero-order valence-electron chi connectivity index (χ0n) is 12.2. The van der Waals surface area contributed by atoms with Crippen molar-refractivity contribution in [3.05, 3.63) is 29.8 Å². The second-order valence-electron chi connectivity index (χ2n) is 4.80. The van der Waals surface area contributed by atoms with Crippen molar-refractivity contribution in [1.29, 1.82) is 0 Å². The van der Waals surface area contributed by atoms with E-state index in [2.05, 4.69) is 5.32 Å². The summed E-state index contributed by atoms with van der Waals surface area (Å²) >= 11 is 0. The van der Waals surface area contributed by atoms with E-state index in [1.165, 1.54) is 0 Å². The topological polar surface area (TPSA) is 64.3 Å². The normalized spacial score (nSPS) is 10.0. The number of carbonyl (C=O) groups excluding carboxylic acids is 1. The first-order chi connectivity index (χ1) is 9.13. The smallest absolute Gasteiger partial charge is 0.224 e. The van der Waals surface area contributed by atoms with Gasteiger partial charge in [0.25, 0.3) is 0 Å². The van der Waals surface area contributed by atoms with Crippen LogP contribution in [0.1, 0.15) is 32.3 Å². The van der Waals surface area contributed by atoms with Crippen LogP contribution in [0.3, 0.4) is 0 Å². The summed E-state index contributed by atoms with van der Waals surface area (Å²) in [5, 5.41) is 2.90. The fourth-order valence-electron chi connectivity index (χ4n) is 1.75. The van der Waals surface area contributed by atoms with Gasteiger partial charge in [-0.25, -0.2) is 0 Å². The van der Waals surface area contributed by atoms with Gasteiger partial charge in [-0.1, -0.05) is 18.2 Å². The van der Waals surface area contributed by atoms with Crippen molar-refractivity contribution < 1.29 is 9.53 Å². The van der Waals surface area contributed by atoms with E-state index in [4.69, 9.17) is 10.5 Å². The molecule has 114 valence electrons. The highest BCUT2D eigenvalue weighted by Gasteiger charge is 2.09. The van der Waals surface area contributed by atoms with Crippen LogP contribution in [0.4, 0.5) is 0 Å². The van der Waals surface area contributed by atoms with Crippen LogP contribution in [0.5, 0.6) is 5.75 Å². The van der Waals surface area contributed by atoms with Crippen molar-refractivity contribution in [2.45, 2.75) is 39.2 Å². The van der Waals surface area contributed by atoms with Crippen LogP contribution in [0.2, 0.25) is 0 Å². The lowest BCUT2D eigenvalue weighted by atomic mass is 10.1. The highest BCUT2D eigenvalue weighted by Crippen LogP contribution is 2.19. The molecule has 1 aromatic carbocycles. The molecule has 0 saturated heterocycles. The average Bonchev–Trinajstić information content (AvgIpc) is 2.36. The SMILES string of the molecule is CC(C)Oc1ccccc1CC(=O)NCCCCN.Cl. The van der Waals surface area contributed by atoms with Crippen molar-refractivity contribution in [2.75, 3.05) is 13.1 Å². The Morgan fingerprint density at radius 3 is 2.65 bits per heavy atom. The number of nitrogens with two attached hydrogens (primary N) is 1. The molecule has 1 amide bonds. The number of para-hydroxylation sites is 1. The third-order valence-corrected chi connectivity index (χ3v) is 2.64. The van der Waals surface area contributed by atoms with Crippen molar-refractivity contribution in [2.24, 2.45) is 5.73 Å². The van der Waals surface area contributed by atoms with Crippen molar-refractivity contribution in [3.63, 3.8) is 0 Å². The molecular weight excluding hydrogens is 276 g/mol. The molecule has 0 heterocycles. The molecule has 0 atom stereocenters. The van der Waals surface area contributed by atoms with Gasteiger partial charge >= 0.3 is 0 Å². The maximum absolute atomic E-state index is 11.8. The van der Waals surface area contributed by atoms with E-state index >= 15 is 0 Å². The van der Waals surface area contributed by atoms with Gasteiger partial charge in [0.05, 0.1) is 12.5 Å². The molecule has 0 aliphatic heterocycles. The molecule has 0 aliphatic carbocycles. The summed E-state index contributed by atoms with van der Waals surface area (Å²) in [6.45, 7) is 5.30. The number of unbranched alkanes of at least 4 members (excludes halogenated alkanes) is 1. The van der Waals surface area contributed by atoms with Gasteiger partial charge in [0.15, 0.2) is 0 Å². The predicted molar refractivity (Wildman–Crippen MR) is 84.5 cm³/mol. The number of carbonyl (C=O) groups is 1. The second-order valence-corrected chi connectivity index (χ2v) is 4.80. The van der Waals surface area contributed by atoms with Crippen LogP contribution in [0.25, 0.3) is 0 Å². The fraction of sp³-hybridized carbons (Fsp3) is 0.533. The number of halogens is 1. The summed E-state index contributed by atoms with van der Waals surface area (Å²) in [6.07, 6.45) is 2.32. The minimum atomic E-state index is 0. The molecule has 3 N–H and O–H groups in total. The summed E-state index contributed by atoms with van der Waals surface area (Å²) in [5.41, 5.74) is 6.33. The minimum Gasteiger partial charge on any atom is -0.491 e. The van der Waals surface area contributed by atoms with E-state index in [1.807, 2.05) is 38.1 Å². The number of nitrogens with one attached hydrogen (secondary N) is 1. The van der Waals surface area contributed by atoms with E-state index in [-0.39, 0.29) is 24.4 Å². The average molecular weight is 301 g/mol. The highest BCUT2D eigenvalue weighted by molar-refractivity contribution is 5.85. The number of hydrogen-bond acceptors (Lipinski definition) is 3. The van der Waals surface area contributed by atoms with Gasteiger partial charge in [-0.2, -0.15) is 0 Å². The molecule has 1 aromatic rings. The lowest BCUT2D eigenvalue weighted by Gasteiger charge is -2.14. The van der Waals surface area contributed by atoms with Gasteiger partial charge < -0.3 is 15.8 Å². The van der Waals surface area contributed by atoms with Crippen LogP contribution < -0.4 is 15.8 Å². The maximum Gasteiger partial charge on any atom is 0.224 e. The molecule has 0 aliphatic rings. The summed E-state index contributed by atoms with van der Waals surface area (Å²) in [5.74, 6) is 0.812. The van der Waals surface area contributed by atoms with E-state index in [0.717, 1.165) is 24.2 Å². The number of hydrogen-bond donors (Lipinski definition) is 2. The molecule has 5 heteroatoms. The Morgan fingerprint density at radius 1 is 1.30 bits per heavy atom. The Bertz CT molecular complexity index is 397. The molecule has 0 fully saturated rings. The molecule has 1 rings (SSSR count). The zero-order valence-corrected chi connectivity index (χ0v) is 13.0. The number of rotatable bonds is 8. The Balaban J connectivity index is 0.00000361. The van der Waals surface area contributed by atoms with E-state index in [0.29, 0.717) is 19.5 Å². The first kappa shape index (κ1) is 18.7. The van der Waals surface area contributed by atoms with Gasteiger partial charge in [0.2, 0.25) is 5.91 Å².